The van der Waals surface area contributed by atoms with Gasteiger partial charge in [0.1, 0.15) is 6.29 Å². The summed E-state index contributed by atoms with van der Waals surface area (Å²) in [5, 5.41) is 12.2. The highest BCUT2D eigenvalue weighted by Crippen LogP contribution is 2.30. The number of likely N-dealkylation sites (N-methyl/N-ethyl adjacent to an activating group) is 3. The van der Waals surface area contributed by atoms with Crippen LogP contribution < -0.4 is 21.3 Å². The number of amides is 2. The number of rotatable bonds is 8. The molecule has 4 N–H and O–H groups in total. The van der Waals surface area contributed by atoms with E-state index in [0.717, 1.165) is 51.4 Å². The van der Waals surface area contributed by atoms with Gasteiger partial charge in [-0.2, -0.15) is 0 Å². The Kier molecular flexibility index (Phi) is 14.7. The summed E-state index contributed by atoms with van der Waals surface area (Å²) in [7, 11) is 5.74. The van der Waals surface area contributed by atoms with Crippen LogP contribution in [0.15, 0.2) is 24.3 Å². The number of nitrogens with one attached hydrogen (secondary N) is 4. The van der Waals surface area contributed by atoms with Gasteiger partial charge in [-0.15, -0.1) is 0 Å². The average molecular weight is 544 g/mol. The number of nitrogens with zero attached hydrogens (tertiary/aromatic N) is 1. The van der Waals surface area contributed by atoms with E-state index in [1.807, 2.05) is 27.9 Å². The largest absolute Gasteiger partial charge is 0.348 e. The summed E-state index contributed by atoms with van der Waals surface area (Å²) in [5.74, 6) is 0.418. The van der Waals surface area contributed by atoms with E-state index < -0.39 is 0 Å². The molecule has 1 aliphatic heterocycles. The third-order valence-corrected chi connectivity index (χ3v) is 8.38. The zero-order chi connectivity index (χ0) is 28.8. The van der Waals surface area contributed by atoms with E-state index in [0.29, 0.717) is 12.0 Å². The zero-order valence-corrected chi connectivity index (χ0v) is 25.1. The van der Waals surface area contributed by atoms with Crippen molar-refractivity contribution in [1.82, 2.24) is 26.2 Å². The lowest BCUT2D eigenvalue weighted by atomic mass is 9.84. The van der Waals surface area contributed by atoms with Crippen LogP contribution in [-0.4, -0.2) is 74.9 Å². The number of likely N-dealkylation sites (tertiary alicyclic amines) is 1. The Morgan fingerprint density at radius 2 is 1.72 bits per heavy atom. The Morgan fingerprint density at radius 1 is 1.03 bits per heavy atom. The van der Waals surface area contributed by atoms with E-state index in [2.05, 4.69) is 50.4 Å². The molecule has 8 nitrogen and oxygen atoms in total. The summed E-state index contributed by atoms with van der Waals surface area (Å²) in [5.41, 5.74) is 2.70. The molecule has 1 aromatic rings. The van der Waals surface area contributed by atoms with Gasteiger partial charge in [-0.1, -0.05) is 57.4 Å². The van der Waals surface area contributed by atoms with Gasteiger partial charge in [0.25, 0.3) is 0 Å². The van der Waals surface area contributed by atoms with E-state index >= 15 is 0 Å². The Labute approximate surface area is 236 Å². The van der Waals surface area contributed by atoms with Crippen LogP contribution >= 0.6 is 0 Å². The summed E-state index contributed by atoms with van der Waals surface area (Å²) in [6.45, 7) is 6.73. The number of benzene rings is 1. The molecule has 1 saturated carbocycles. The lowest BCUT2D eigenvalue weighted by Gasteiger charge is -2.28. The maximum absolute atomic E-state index is 12.6. The highest BCUT2D eigenvalue weighted by molar-refractivity contribution is 5.84. The van der Waals surface area contributed by atoms with Gasteiger partial charge in [0.05, 0.1) is 24.2 Å². The van der Waals surface area contributed by atoms with Crippen LogP contribution in [0, 0.1) is 5.92 Å². The minimum atomic E-state index is -0.302. The first-order chi connectivity index (χ1) is 18.9. The van der Waals surface area contributed by atoms with E-state index in [1.165, 1.54) is 30.4 Å². The predicted octanol–water partition coefficient (Wildman–Crippen LogP) is 3.36. The van der Waals surface area contributed by atoms with Gasteiger partial charge in [0.15, 0.2) is 0 Å². The molecule has 0 spiro atoms. The second kappa shape index (κ2) is 17.4. The number of carbonyl (C=O) groups is 3. The fraction of sp³-hybridized carbons (Fsp3) is 0.710. The number of aldehydes is 1. The fourth-order valence-electron chi connectivity index (χ4n) is 5.86. The molecule has 220 valence electrons. The Balaban J connectivity index is 0.000000267. The van der Waals surface area contributed by atoms with Crippen LogP contribution in [0.5, 0.6) is 0 Å². The monoisotopic (exact) mass is 543 g/mol. The zero-order valence-electron chi connectivity index (χ0n) is 25.1. The number of fused-ring (bicyclic) bond motifs is 1. The Hall–Kier alpha value is -2.29. The summed E-state index contributed by atoms with van der Waals surface area (Å²) in [6, 6.07) is 8.56. The summed E-state index contributed by atoms with van der Waals surface area (Å²) < 4.78 is 0. The van der Waals surface area contributed by atoms with Crippen LogP contribution in [0.25, 0.3) is 0 Å². The predicted molar refractivity (Wildman–Crippen MR) is 159 cm³/mol. The third-order valence-electron chi connectivity index (χ3n) is 8.38. The van der Waals surface area contributed by atoms with Crippen LogP contribution in [0.3, 0.4) is 0 Å². The van der Waals surface area contributed by atoms with Gasteiger partial charge in [0, 0.05) is 12.6 Å². The topological polar surface area (TPSA) is 103 Å². The molecule has 0 radical (unpaired) electrons. The first kappa shape index (κ1) is 32.9. The molecular formula is C31H53N5O3. The van der Waals surface area contributed by atoms with E-state index in [-0.39, 0.29) is 36.0 Å². The van der Waals surface area contributed by atoms with Gasteiger partial charge in [-0.25, -0.2) is 0 Å². The minimum Gasteiger partial charge on any atom is -0.348 e. The van der Waals surface area contributed by atoms with Crippen molar-refractivity contribution in [3.05, 3.63) is 35.4 Å². The van der Waals surface area contributed by atoms with E-state index in [9.17, 15) is 14.4 Å². The molecule has 1 heterocycles. The Morgan fingerprint density at radius 3 is 2.33 bits per heavy atom. The van der Waals surface area contributed by atoms with Crippen LogP contribution in [-0.2, 0) is 20.8 Å². The maximum Gasteiger partial charge on any atom is 0.237 e. The first-order valence-electron chi connectivity index (χ1n) is 15.1. The number of hydrogen-bond acceptors (Lipinski definition) is 6. The van der Waals surface area contributed by atoms with Gasteiger partial charge in [0.2, 0.25) is 11.8 Å². The Bertz CT molecular complexity index is 889. The van der Waals surface area contributed by atoms with Gasteiger partial charge >= 0.3 is 0 Å². The summed E-state index contributed by atoms with van der Waals surface area (Å²) in [4.78, 5) is 37.4. The second-order valence-corrected chi connectivity index (χ2v) is 10.9. The molecule has 1 aromatic carbocycles. The highest BCUT2D eigenvalue weighted by Gasteiger charge is 2.35. The molecule has 3 aliphatic rings. The van der Waals surface area contributed by atoms with E-state index in [1.54, 1.807) is 14.0 Å². The van der Waals surface area contributed by atoms with Crippen molar-refractivity contribution < 1.29 is 14.4 Å². The minimum absolute atomic E-state index is 0.00320. The maximum atomic E-state index is 12.6. The molecule has 8 heteroatoms. The number of hydrogen-bond donors (Lipinski definition) is 4. The first-order valence-corrected chi connectivity index (χ1v) is 15.1. The molecule has 2 amide bonds. The van der Waals surface area contributed by atoms with Crippen molar-refractivity contribution in [2.24, 2.45) is 5.92 Å². The summed E-state index contributed by atoms with van der Waals surface area (Å²) >= 11 is 0. The lowest BCUT2D eigenvalue weighted by molar-refractivity contribution is -0.126. The van der Waals surface area contributed by atoms with Crippen molar-refractivity contribution in [2.45, 2.75) is 109 Å². The third kappa shape index (κ3) is 9.69. The molecule has 0 bridgehead atoms. The molecule has 39 heavy (non-hydrogen) atoms. The average Bonchev–Trinajstić information content (AvgIpc) is 3.38. The lowest BCUT2D eigenvalue weighted by Crippen LogP contribution is -2.48. The van der Waals surface area contributed by atoms with Crippen molar-refractivity contribution in [2.75, 3.05) is 27.7 Å². The molecule has 1 saturated heterocycles. The van der Waals surface area contributed by atoms with Crippen molar-refractivity contribution in [1.29, 1.82) is 0 Å². The second-order valence-electron chi connectivity index (χ2n) is 10.9. The van der Waals surface area contributed by atoms with E-state index in [4.69, 9.17) is 0 Å². The SMILES string of the molecule is CC.CNC(C)C(=O)NC(C=O)C1CCCCC1.CNC1CC(C(=O)NC2CCCc3ccccc32)N(C)C1. The molecule has 2 aliphatic carbocycles. The van der Waals surface area contributed by atoms with Crippen LogP contribution in [0.1, 0.15) is 89.3 Å². The highest BCUT2D eigenvalue weighted by atomic mass is 16.2. The molecule has 5 unspecified atom stereocenters. The molecular weight excluding hydrogens is 490 g/mol. The molecule has 5 atom stereocenters. The van der Waals surface area contributed by atoms with Gasteiger partial charge < -0.3 is 26.1 Å². The van der Waals surface area contributed by atoms with Gasteiger partial charge in [-0.3, -0.25) is 14.5 Å². The summed E-state index contributed by atoms with van der Waals surface area (Å²) in [6.07, 6.45) is 10.8. The quantitative estimate of drug-likeness (QED) is 0.375. The molecule has 2 fully saturated rings. The van der Waals surface area contributed by atoms with Crippen molar-refractivity contribution in [3.63, 3.8) is 0 Å². The van der Waals surface area contributed by atoms with Crippen molar-refractivity contribution >= 4 is 18.1 Å². The standard InChI is InChI=1S/C17H25N3O.C12H22N2O2.C2H6/c1-18-13-10-16(20(2)11-13)17(21)19-15-9-5-7-12-6-3-4-8-14(12)15;1-9(13-2)12(16)14-11(8-15)10-6-4-3-5-7-10;1-2/h3-4,6,8,13,15-16,18H,5,7,9-11H2,1-2H3,(H,19,21);8-11,13H,3-7H2,1-2H3,(H,14,16);1-2H3. The fourth-order valence-corrected chi connectivity index (χ4v) is 5.86. The van der Waals surface area contributed by atoms with Crippen molar-refractivity contribution in [3.8, 4) is 0 Å². The normalized spacial score (nSPS) is 24.5. The smallest absolute Gasteiger partial charge is 0.237 e. The number of aryl methyl sites for hydroxylation is 1. The number of carbonyl (C=O) groups excluding carboxylic acids is 3. The molecule has 0 aromatic heterocycles. The van der Waals surface area contributed by atoms with Crippen LogP contribution in [0.4, 0.5) is 0 Å². The molecule has 4 rings (SSSR count). The van der Waals surface area contributed by atoms with Gasteiger partial charge in [-0.05, 0) is 83.6 Å². The van der Waals surface area contributed by atoms with Crippen LogP contribution in [0.2, 0.25) is 0 Å².